The van der Waals surface area contributed by atoms with E-state index in [0.717, 1.165) is 28.6 Å². The van der Waals surface area contributed by atoms with Crippen molar-refractivity contribution in [3.63, 3.8) is 0 Å². The highest BCUT2D eigenvalue weighted by atomic mass is 19.4. The number of nitrogens with one attached hydrogen (secondary N) is 1. The second kappa shape index (κ2) is 9.48. The molecule has 0 aromatic heterocycles. The fourth-order valence-electron chi connectivity index (χ4n) is 5.21. The van der Waals surface area contributed by atoms with Crippen molar-refractivity contribution in [1.29, 1.82) is 0 Å². The van der Waals surface area contributed by atoms with Crippen molar-refractivity contribution in [2.75, 3.05) is 29.4 Å². The predicted octanol–water partition coefficient (Wildman–Crippen LogP) is 5.34. The minimum atomic E-state index is -4.45. The zero-order valence-corrected chi connectivity index (χ0v) is 19.9. The van der Waals surface area contributed by atoms with Crippen molar-refractivity contribution in [3.8, 4) is 0 Å². The van der Waals surface area contributed by atoms with Crippen LogP contribution in [0.1, 0.15) is 22.3 Å². The fraction of sp³-hybridized carbons (Fsp3) is 0.321. The van der Waals surface area contributed by atoms with Crippen molar-refractivity contribution in [2.45, 2.75) is 32.1 Å². The summed E-state index contributed by atoms with van der Waals surface area (Å²) in [5.41, 5.74) is 3.56. The molecule has 0 aliphatic carbocycles. The Labute approximate surface area is 207 Å². The minimum absolute atomic E-state index is 0.197. The molecule has 2 aliphatic heterocycles. The van der Waals surface area contributed by atoms with E-state index in [1.165, 1.54) is 18.2 Å². The Morgan fingerprint density at radius 3 is 2.42 bits per heavy atom. The largest absolute Gasteiger partial charge is 0.416 e. The first-order valence-electron chi connectivity index (χ1n) is 12.0. The van der Waals surface area contributed by atoms with Gasteiger partial charge in [-0.2, -0.15) is 13.2 Å². The predicted molar refractivity (Wildman–Crippen MR) is 131 cm³/mol. The Hall–Kier alpha value is -3.55. The molecule has 36 heavy (non-hydrogen) atoms. The third-order valence-corrected chi connectivity index (χ3v) is 7.16. The first-order valence-corrected chi connectivity index (χ1v) is 12.0. The summed E-state index contributed by atoms with van der Waals surface area (Å²) < 4.78 is 53.5. The maximum Gasteiger partial charge on any atom is 0.416 e. The van der Waals surface area contributed by atoms with Gasteiger partial charge < -0.3 is 15.1 Å². The molecule has 8 heteroatoms. The van der Waals surface area contributed by atoms with E-state index in [0.29, 0.717) is 25.2 Å². The van der Waals surface area contributed by atoms with E-state index in [9.17, 15) is 22.4 Å². The number of benzene rings is 3. The molecule has 4 nitrogen and oxygen atoms in total. The Morgan fingerprint density at radius 2 is 1.72 bits per heavy atom. The van der Waals surface area contributed by atoms with E-state index in [2.05, 4.69) is 27.2 Å². The number of aryl methyl sites for hydroxylation is 1. The number of hydrogen-bond acceptors (Lipinski definition) is 3. The van der Waals surface area contributed by atoms with Gasteiger partial charge in [-0.1, -0.05) is 29.8 Å². The molecule has 0 unspecified atom stereocenters. The number of carbonyl (C=O) groups excluding carboxylic acids is 1. The molecule has 3 aromatic carbocycles. The van der Waals surface area contributed by atoms with Gasteiger partial charge in [0.25, 0.3) is 0 Å². The monoisotopic (exact) mass is 497 g/mol. The number of piperazine rings is 1. The van der Waals surface area contributed by atoms with Gasteiger partial charge in [0.05, 0.1) is 17.5 Å². The second-order valence-electron chi connectivity index (χ2n) is 9.54. The van der Waals surface area contributed by atoms with E-state index < -0.39 is 17.7 Å². The lowest BCUT2D eigenvalue weighted by molar-refractivity contribution is -0.137. The van der Waals surface area contributed by atoms with Crippen molar-refractivity contribution in [2.24, 2.45) is 5.92 Å². The third-order valence-electron chi connectivity index (χ3n) is 7.16. The van der Waals surface area contributed by atoms with Crippen LogP contribution in [0.4, 0.5) is 28.9 Å². The number of amides is 1. The molecule has 0 spiro atoms. The number of hydrogen-bond donors (Lipinski definition) is 1. The summed E-state index contributed by atoms with van der Waals surface area (Å²) in [5, 5.41) is 2.93. The molecular formula is C28H27F4N3O. The SMILES string of the molecule is Cc1ccc(N2CCN3c4ccc(C(F)(F)F)cc4C[C@@H](C(=O)NCc4ccc(F)cc4)[C@H]3C2)cc1. The van der Waals surface area contributed by atoms with Gasteiger partial charge in [0, 0.05) is 37.6 Å². The quantitative estimate of drug-likeness (QED) is 0.495. The highest BCUT2D eigenvalue weighted by Crippen LogP contribution is 2.40. The number of fused-ring (bicyclic) bond motifs is 3. The fourth-order valence-corrected chi connectivity index (χ4v) is 5.21. The highest BCUT2D eigenvalue weighted by molar-refractivity contribution is 5.82. The molecule has 0 saturated carbocycles. The molecule has 2 aliphatic rings. The molecule has 3 aromatic rings. The average molecular weight is 498 g/mol. The normalized spacial score (nSPS) is 19.5. The number of alkyl halides is 3. The number of rotatable bonds is 4. The van der Waals surface area contributed by atoms with Crippen molar-refractivity contribution in [3.05, 3.63) is 94.8 Å². The average Bonchev–Trinajstić information content (AvgIpc) is 2.87. The molecule has 2 atom stereocenters. The first-order chi connectivity index (χ1) is 17.2. The molecular weight excluding hydrogens is 470 g/mol. The van der Waals surface area contributed by atoms with E-state index in [-0.39, 0.29) is 30.7 Å². The van der Waals surface area contributed by atoms with Gasteiger partial charge >= 0.3 is 6.18 Å². The van der Waals surface area contributed by atoms with Crippen LogP contribution in [0.3, 0.4) is 0 Å². The topological polar surface area (TPSA) is 35.6 Å². The molecule has 2 heterocycles. The summed E-state index contributed by atoms with van der Waals surface area (Å²) in [4.78, 5) is 17.7. The van der Waals surface area contributed by atoms with Gasteiger partial charge in [-0.3, -0.25) is 4.79 Å². The van der Waals surface area contributed by atoms with Crippen LogP contribution in [-0.4, -0.2) is 31.6 Å². The van der Waals surface area contributed by atoms with E-state index in [1.54, 1.807) is 18.2 Å². The summed E-state index contributed by atoms with van der Waals surface area (Å²) >= 11 is 0. The molecule has 1 N–H and O–H groups in total. The molecule has 5 rings (SSSR count). The van der Waals surface area contributed by atoms with Gasteiger partial charge in [-0.15, -0.1) is 0 Å². The zero-order chi connectivity index (χ0) is 25.4. The standard InChI is InChI=1S/C28H27F4N3O/c1-18-2-9-23(10-3-18)34-12-13-35-25-11-6-21(28(30,31)32)14-20(25)15-24(26(35)17-34)27(36)33-16-19-4-7-22(29)8-5-19/h2-11,14,24,26H,12-13,15-17H2,1H3,(H,33,36)/t24-,26-/m1/s1. The van der Waals surface area contributed by atoms with Crippen LogP contribution in [-0.2, 0) is 23.9 Å². The minimum Gasteiger partial charge on any atom is -0.368 e. The Morgan fingerprint density at radius 1 is 1.00 bits per heavy atom. The molecule has 1 fully saturated rings. The van der Waals surface area contributed by atoms with Crippen LogP contribution in [0.15, 0.2) is 66.7 Å². The summed E-state index contributed by atoms with van der Waals surface area (Å²) in [7, 11) is 0. The Balaban J connectivity index is 1.43. The lowest BCUT2D eigenvalue weighted by atomic mass is 9.82. The van der Waals surface area contributed by atoms with Gasteiger partial charge in [-0.05, 0) is 66.9 Å². The Kier molecular flexibility index (Phi) is 6.36. The van der Waals surface area contributed by atoms with Crippen molar-refractivity contribution in [1.82, 2.24) is 5.32 Å². The Bertz CT molecular complexity index is 1240. The first kappa shape index (κ1) is 24.2. The number of halogens is 4. The maximum atomic E-state index is 13.4. The maximum absolute atomic E-state index is 13.4. The molecule has 1 amide bonds. The van der Waals surface area contributed by atoms with Gasteiger partial charge in [0.15, 0.2) is 0 Å². The smallest absolute Gasteiger partial charge is 0.368 e. The van der Waals surface area contributed by atoms with Crippen LogP contribution in [0.25, 0.3) is 0 Å². The van der Waals surface area contributed by atoms with Gasteiger partial charge in [0.1, 0.15) is 5.82 Å². The number of anilines is 2. The van der Waals surface area contributed by atoms with E-state index >= 15 is 0 Å². The van der Waals surface area contributed by atoms with Crippen LogP contribution >= 0.6 is 0 Å². The van der Waals surface area contributed by atoms with Gasteiger partial charge in [0.2, 0.25) is 5.91 Å². The lowest BCUT2D eigenvalue weighted by Crippen LogP contribution is -2.61. The van der Waals surface area contributed by atoms with E-state index in [4.69, 9.17) is 0 Å². The molecule has 0 bridgehead atoms. The summed E-state index contributed by atoms with van der Waals surface area (Å²) in [6.07, 6.45) is -4.23. The highest BCUT2D eigenvalue weighted by Gasteiger charge is 2.42. The van der Waals surface area contributed by atoms with Crippen LogP contribution in [0, 0.1) is 18.7 Å². The number of carbonyl (C=O) groups is 1. The zero-order valence-electron chi connectivity index (χ0n) is 19.9. The summed E-state index contributed by atoms with van der Waals surface area (Å²) in [6, 6.07) is 17.7. The lowest BCUT2D eigenvalue weighted by Gasteiger charge is -2.49. The third kappa shape index (κ3) is 4.90. The second-order valence-corrected chi connectivity index (χ2v) is 9.54. The van der Waals surface area contributed by atoms with Crippen LogP contribution in [0.5, 0.6) is 0 Å². The van der Waals surface area contributed by atoms with Crippen molar-refractivity contribution >= 4 is 17.3 Å². The summed E-state index contributed by atoms with van der Waals surface area (Å²) in [5.74, 6) is -1.11. The molecule has 188 valence electrons. The van der Waals surface area contributed by atoms with Crippen LogP contribution < -0.4 is 15.1 Å². The van der Waals surface area contributed by atoms with E-state index in [1.807, 2.05) is 19.1 Å². The van der Waals surface area contributed by atoms with Gasteiger partial charge in [-0.25, -0.2) is 4.39 Å². The van der Waals surface area contributed by atoms with Crippen molar-refractivity contribution < 1.29 is 22.4 Å². The molecule has 0 radical (unpaired) electrons. The number of nitrogens with zero attached hydrogens (tertiary/aromatic N) is 2. The summed E-state index contributed by atoms with van der Waals surface area (Å²) in [6.45, 7) is 4.12. The molecule has 1 saturated heterocycles. The van der Waals surface area contributed by atoms with Crippen LogP contribution in [0.2, 0.25) is 0 Å².